The topological polar surface area (TPSA) is 132 Å². The van der Waals surface area contributed by atoms with Crippen LogP contribution in [-0.4, -0.2) is 51.9 Å². The lowest BCUT2D eigenvalue weighted by Crippen LogP contribution is -2.34. The van der Waals surface area contributed by atoms with Crippen molar-refractivity contribution in [3.8, 4) is 0 Å². The first-order chi connectivity index (χ1) is 9.99. The van der Waals surface area contributed by atoms with Gasteiger partial charge < -0.3 is 25.5 Å². The molecular formula is C12H18N4O5. The van der Waals surface area contributed by atoms with Gasteiger partial charge in [0.2, 0.25) is 0 Å². The normalized spacial score (nSPS) is 29.1. The number of aliphatic hydroxyl groups excluding tert-OH is 2. The van der Waals surface area contributed by atoms with Crippen molar-refractivity contribution in [2.45, 2.75) is 25.4 Å². The van der Waals surface area contributed by atoms with Crippen LogP contribution in [0.2, 0.25) is 0 Å². The summed E-state index contributed by atoms with van der Waals surface area (Å²) in [6.07, 6.45) is 0.0452. The van der Waals surface area contributed by atoms with Gasteiger partial charge in [-0.05, 0) is 6.92 Å². The zero-order chi connectivity index (χ0) is 15.6. The predicted octanol–water partition coefficient (Wildman–Crippen LogP) is -1.37. The Morgan fingerprint density at radius 3 is 3.00 bits per heavy atom. The van der Waals surface area contributed by atoms with Gasteiger partial charge in [0.15, 0.2) is 6.23 Å². The average Bonchev–Trinajstić information content (AvgIpc) is 2.77. The molecule has 21 heavy (non-hydrogen) atoms. The maximum absolute atomic E-state index is 11.9. The number of hydrogen-bond acceptors (Lipinski definition) is 8. The first kappa shape index (κ1) is 15.4. The van der Waals surface area contributed by atoms with Gasteiger partial charge in [-0.1, -0.05) is 5.16 Å². The molecule has 1 aromatic rings. The molecule has 2 rings (SSSR count). The Bertz CT molecular complexity index is 588. The molecule has 1 aliphatic heterocycles. The highest BCUT2D eigenvalue weighted by Gasteiger charge is 2.44. The fourth-order valence-electron chi connectivity index (χ4n) is 2.23. The molecule has 0 aromatic carbocycles. The van der Waals surface area contributed by atoms with E-state index in [4.69, 9.17) is 10.5 Å². The van der Waals surface area contributed by atoms with Crippen molar-refractivity contribution in [1.29, 1.82) is 0 Å². The van der Waals surface area contributed by atoms with E-state index >= 15 is 0 Å². The van der Waals surface area contributed by atoms with Crippen LogP contribution in [0.25, 0.3) is 0 Å². The van der Waals surface area contributed by atoms with Crippen molar-refractivity contribution in [3.63, 3.8) is 0 Å². The van der Waals surface area contributed by atoms with Gasteiger partial charge in [0, 0.05) is 11.8 Å². The molecule has 0 radical (unpaired) electrons. The number of nitrogens with zero attached hydrogens (tertiary/aromatic N) is 3. The molecule has 1 fully saturated rings. The highest BCUT2D eigenvalue weighted by Crippen LogP contribution is 2.32. The molecule has 0 unspecified atom stereocenters. The Morgan fingerprint density at radius 2 is 2.38 bits per heavy atom. The van der Waals surface area contributed by atoms with E-state index in [9.17, 15) is 15.0 Å². The summed E-state index contributed by atoms with van der Waals surface area (Å²) in [6.45, 7) is 1.36. The van der Waals surface area contributed by atoms with Gasteiger partial charge in [-0.25, -0.2) is 4.79 Å². The Balaban J connectivity index is 2.35. The standard InChI is InChI=1S/C12H18N4O5/c1-6-4-16(12(19)15-10(6)13)11-9(18)7(3-14-20-2)8(5-17)21-11/h3-4,7-9,11,17-18H,5H2,1-2H3,(H2,13,15,19)/b14-3+/t7-,8-,9-,11-/m1/s1. The zero-order valence-corrected chi connectivity index (χ0v) is 11.7. The van der Waals surface area contributed by atoms with Crippen molar-refractivity contribution in [2.75, 3.05) is 19.5 Å². The summed E-state index contributed by atoms with van der Waals surface area (Å²) >= 11 is 0. The minimum atomic E-state index is -1.08. The van der Waals surface area contributed by atoms with E-state index in [1.54, 1.807) is 6.92 Å². The maximum atomic E-state index is 11.9. The Kier molecular flexibility index (Phi) is 4.56. The van der Waals surface area contributed by atoms with Crippen LogP contribution >= 0.6 is 0 Å². The van der Waals surface area contributed by atoms with Gasteiger partial charge in [0.1, 0.15) is 19.0 Å². The molecule has 1 aliphatic rings. The van der Waals surface area contributed by atoms with Gasteiger partial charge in [0.05, 0.1) is 24.8 Å². The molecule has 9 heteroatoms. The van der Waals surface area contributed by atoms with Gasteiger partial charge in [0.25, 0.3) is 0 Å². The molecule has 0 bridgehead atoms. The molecule has 4 N–H and O–H groups in total. The minimum absolute atomic E-state index is 0.125. The van der Waals surface area contributed by atoms with Crippen LogP contribution in [0.3, 0.4) is 0 Å². The number of aliphatic hydroxyl groups is 2. The second-order valence-corrected chi connectivity index (χ2v) is 4.75. The highest BCUT2D eigenvalue weighted by molar-refractivity contribution is 5.62. The number of anilines is 1. The molecular weight excluding hydrogens is 280 g/mol. The molecule has 4 atom stereocenters. The molecule has 1 saturated heterocycles. The Labute approximate surface area is 120 Å². The quantitative estimate of drug-likeness (QED) is 0.461. The second-order valence-electron chi connectivity index (χ2n) is 4.75. The number of hydrogen-bond donors (Lipinski definition) is 3. The van der Waals surface area contributed by atoms with E-state index < -0.39 is 30.0 Å². The number of ether oxygens (including phenoxy) is 1. The Morgan fingerprint density at radius 1 is 1.67 bits per heavy atom. The fraction of sp³-hybridized carbons (Fsp3) is 0.583. The van der Waals surface area contributed by atoms with Crippen molar-refractivity contribution in [1.82, 2.24) is 9.55 Å². The summed E-state index contributed by atoms with van der Waals surface area (Å²) in [5, 5.41) is 23.2. The van der Waals surface area contributed by atoms with Gasteiger partial charge in [-0.2, -0.15) is 4.98 Å². The minimum Gasteiger partial charge on any atom is -0.399 e. The molecule has 2 heterocycles. The van der Waals surface area contributed by atoms with E-state index in [1.165, 1.54) is 19.5 Å². The number of nitrogen functional groups attached to an aromatic ring is 1. The van der Waals surface area contributed by atoms with Crippen LogP contribution in [0.5, 0.6) is 0 Å². The van der Waals surface area contributed by atoms with Crippen LogP contribution in [0, 0.1) is 12.8 Å². The summed E-state index contributed by atoms with van der Waals surface area (Å²) in [6, 6.07) is 0. The van der Waals surface area contributed by atoms with E-state index in [-0.39, 0.29) is 12.4 Å². The van der Waals surface area contributed by atoms with E-state index in [2.05, 4.69) is 15.0 Å². The number of oxime groups is 1. The number of aryl methyl sites for hydroxylation is 1. The summed E-state index contributed by atoms with van der Waals surface area (Å²) in [7, 11) is 1.36. The Hall–Kier alpha value is -1.97. The van der Waals surface area contributed by atoms with Gasteiger partial charge >= 0.3 is 5.69 Å². The van der Waals surface area contributed by atoms with Crippen molar-refractivity contribution in [2.24, 2.45) is 11.1 Å². The SMILES string of the molecule is CO/N=C/[C@H]1[C@@H](O)[C@H](n2cc(C)c(N)nc2=O)O[C@@H]1CO. The number of aromatic nitrogens is 2. The van der Waals surface area contributed by atoms with Gasteiger partial charge in [-0.3, -0.25) is 4.57 Å². The molecule has 0 amide bonds. The highest BCUT2D eigenvalue weighted by atomic mass is 16.6. The molecule has 0 spiro atoms. The lowest BCUT2D eigenvalue weighted by atomic mass is 10.00. The molecule has 0 aliphatic carbocycles. The lowest BCUT2D eigenvalue weighted by molar-refractivity contribution is -0.0532. The summed E-state index contributed by atoms with van der Waals surface area (Å²) in [5.74, 6) is -0.482. The van der Waals surface area contributed by atoms with Crippen LogP contribution in [0.1, 0.15) is 11.8 Å². The third-order valence-corrected chi connectivity index (χ3v) is 3.40. The number of rotatable bonds is 4. The van der Waals surface area contributed by atoms with Crippen LogP contribution in [0.4, 0.5) is 5.82 Å². The van der Waals surface area contributed by atoms with E-state index in [1.807, 2.05) is 0 Å². The summed E-state index contributed by atoms with van der Waals surface area (Å²) in [4.78, 5) is 20.1. The largest absolute Gasteiger partial charge is 0.399 e. The van der Waals surface area contributed by atoms with Crippen molar-refractivity contribution < 1.29 is 19.8 Å². The maximum Gasteiger partial charge on any atom is 0.351 e. The predicted molar refractivity (Wildman–Crippen MR) is 73.6 cm³/mol. The zero-order valence-electron chi connectivity index (χ0n) is 11.7. The molecule has 116 valence electrons. The summed E-state index contributed by atoms with van der Waals surface area (Å²) in [5.41, 5.74) is 5.51. The molecule has 0 saturated carbocycles. The first-order valence-corrected chi connectivity index (χ1v) is 6.36. The fourth-order valence-corrected chi connectivity index (χ4v) is 2.23. The average molecular weight is 298 g/mol. The second kappa shape index (κ2) is 6.20. The van der Waals surface area contributed by atoms with Crippen molar-refractivity contribution in [3.05, 3.63) is 22.2 Å². The van der Waals surface area contributed by atoms with Crippen LogP contribution < -0.4 is 11.4 Å². The number of nitrogens with two attached hydrogens (primary N) is 1. The third-order valence-electron chi connectivity index (χ3n) is 3.40. The monoisotopic (exact) mass is 298 g/mol. The van der Waals surface area contributed by atoms with Crippen molar-refractivity contribution >= 4 is 12.0 Å². The summed E-state index contributed by atoms with van der Waals surface area (Å²) < 4.78 is 6.68. The lowest BCUT2D eigenvalue weighted by Gasteiger charge is -2.18. The molecule has 1 aromatic heterocycles. The van der Waals surface area contributed by atoms with E-state index in [0.29, 0.717) is 5.56 Å². The first-order valence-electron chi connectivity index (χ1n) is 6.36. The van der Waals surface area contributed by atoms with Gasteiger partial charge in [-0.15, -0.1) is 0 Å². The van der Waals surface area contributed by atoms with E-state index in [0.717, 1.165) is 4.57 Å². The third kappa shape index (κ3) is 2.89. The smallest absolute Gasteiger partial charge is 0.351 e. The van der Waals surface area contributed by atoms with Crippen LogP contribution in [0.15, 0.2) is 16.1 Å². The molecule has 9 nitrogen and oxygen atoms in total. The van der Waals surface area contributed by atoms with Crippen LogP contribution in [-0.2, 0) is 9.57 Å².